The molecule has 0 bridgehead atoms. The van der Waals surface area contributed by atoms with Crippen LogP contribution in [-0.2, 0) is 4.79 Å². The maximum atomic E-state index is 10.7. The number of carbonyl (C=O) groups excluding carboxylic acids is 1. The normalized spacial score (nSPS) is 9.82. The fourth-order valence-electron chi connectivity index (χ4n) is 1.31. The molecular formula is C11H18N4O2. The first-order chi connectivity index (χ1) is 8.13. The second kappa shape index (κ2) is 6.67. The summed E-state index contributed by atoms with van der Waals surface area (Å²) in [6.45, 7) is 2.94. The molecule has 1 rings (SSSR count). The van der Waals surface area contributed by atoms with Crippen LogP contribution < -0.4 is 15.0 Å². The Bertz CT molecular complexity index is 370. The van der Waals surface area contributed by atoms with Crippen molar-refractivity contribution < 1.29 is 9.53 Å². The molecule has 0 aliphatic carbocycles. The van der Waals surface area contributed by atoms with Crippen LogP contribution in [0.2, 0.25) is 0 Å². The minimum absolute atomic E-state index is 0.00900. The largest absolute Gasteiger partial charge is 0.481 e. The fourth-order valence-corrected chi connectivity index (χ4v) is 1.31. The molecule has 0 saturated carbocycles. The van der Waals surface area contributed by atoms with Gasteiger partial charge in [-0.3, -0.25) is 4.79 Å². The van der Waals surface area contributed by atoms with Gasteiger partial charge in [-0.15, -0.1) is 0 Å². The zero-order chi connectivity index (χ0) is 12.7. The van der Waals surface area contributed by atoms with Gasteiger partial charge in [-0.05, 0) is 6.42 Å². The lowest BCUT2D eigenvalue weighted by Crippen LogP contribution is -2.27. The number of anilines is 1. The van der Waals surface area contributed by atoms with Gasteiger partial charge in [0.25, 0.3) is 0 Å². The van der Waals surface area contributed by atoms with Gasteiger partial charge in [0.05, 0.1) is 7.11 Å². The van der Waals surface area contributed by atoms with Gasteiger partial charge in [0.15, 0.2) is 0 Å². The average molecular weight is 238 g/mol. The molecule has 6 heteroatoms. The summed E-state index contributed by atoms with van der Waals surface area (Å²) in [5.41, 5.74) is 0. The highest BCUT2D eigenvalue weighted by molar-refractivity contribution is 5.72. The molecule has 1 heterocycles. The van der Waals surface area contributed by atoms with E-state index in [9.17, 15) is 4.79 Å². The first-order valence-corrected chi connectivity index (χ1v) is 5.46. The summed E-state index contributed by atoms with van der Waals surface area (Å²) in [4.78, 5) is 21.0. The van der Waals surface area contributed by atoms with Crippen LogP contribution in [0.5, 0.6) is 5.88 Å². The zero-order valence-electron chi connectivity index (χ0n) is 10.4. The summed E-state index contributed by atoms with van der Waals surface area (Å²) in [5.74, 6) is 1.15. The van der Waals surface area contributed by atoms with E-state index >= 15 is 0 Å². The van der Waals surface area contributed by atoms with Crippen LogP contribution in [0.15, 0.2) is 12.3 Å². The highest BCUT2D eigenvalue weighted by atomic mass is 16.5. The average Bonchev–Trinajstić information content (AvgIpc) is 2.34. The molecule has 6 nitrogen and oxygen atoms in total. The molecule has 0 fully saturated rings. The molecule has 1 N–H and O–H groups in total. The summed E-state index contributed by atoms with van der Waals surface area (Å²) in [6.07, 6.45) is 2.50. The van der Waals surface area contributed by atoms with Gasteiger partial charge in [0.1, 0.15) is 0 Å². The molecule has 17 heavy (non-hydrogen) atoms. The number of hydrogen-bond acceptors (Lipinski definition) is 5. The number of nitrogens with one attached hydrogen (secondary N) is 1. The molecule has 94 valence electrons. The molecule has 1 amide bonds. The summed E-state index contributed by atoms with van der Waals surface area (Å²) in [6, 6.07) is 1.70. The lowest BCUT2D eigenvalue weighted by atomic mass is 10.4. The lowest BCUT2D eigenvalue weighted by molar-refractivity contribution is -0.118. The Kier molecular flexibility index (Phi) is 5.19. The predicted octanol–water partition coefficient (Wildman–Crippen LogP) is 0.448. The molecule has 1 aromatic rings. The maximum Gasteiger partial charge on any atom is 0.228 e. The molecular weight excluding hydrogens is 220 g/mol. The monoisotopic (exact) mass is 238 g/mol. The Morgan fingerprint density at radius 1 is 1.59 bits per heavy atom. The molecule has 0 spiro atoms. The third kappa shape index (κ3) is 4.67. The Labute approximate surface area is 101 Å². The number of ether oxygens (including phenoxy) is 1. The molecule has 0 aliphatic heterocycles. The van der Waals surface area contributed by atoms with Gasteiger partial charge in [-0.25, -0.2) is 4.98 Å². The Morgan fingerprint density at radius 3 is 3.00 bits per heavy atom. The molecule has 0 atom stereocenters. The molecule has 0 aliphatic rings. The van der Waals surface area contributed by atoms with Gasteiger partial charge in [-0.1, -0.05) is 0 Å². The highest BCUT2D eigenvalue weighted by Gasteiger charge is 2.05. The van der Waals surface area contributed by atoms with Gasteiger partial charge >= 0.3 is 0 Å². The standard InChI is InChI=1S/C11H18N4O2/c1-9(16)12-6-4-8-15(2)11-13-7-5-10(14-11)17-3/h5,7H,4,6,8H2,1-3H3,(H,12,16). The number of rotatable bonds is 6. The molecule has 0 radical (unpaired) electrons. The van der Waals surface area contributed by atoms with Crippen LogP contribution in [0.1, 0.15) is 13.3 Å². The quantitative estimate of drug-likeness (QED) is 0.729. The second-order valence-corrected chi connectivity index (χ2v) is 3.66. The smallest absolute Gasteiger partial charge is 0.228 e. The van der Waals surface area contributed by atoms with Crippen molar-refractivity contribution in [1.82, 2.24) is 15.3 Å². The minimum atomic E-state index is -0.00900. The molecule has 0 aromatic carbocycles. The minimum Gasteiger partial charge on any atom is -0.481 e. The van der Waals surface area contributed by atoms with Gasteiger partial charge < -0.3 is 15.0 Å². The SMILES string of the molecule is COc1ccnc(N(C)CCCNC(C)=O)n1. The van der Waals surface area contributed by atoms with Crippen molar-refractivity contribution in [3.63, 3.8) is 0 Å². The van der Waals surface area contributed by atoms with Crippen LogP contribution in [0.3, 0.4) is 0 Å². The van der Waals surface area contributed by atoms with Gasteiger partial charge in [0.2, 0.25) is 17.7 Å². The van der Waals surface area contributed by atoms with E-state index in [2.05, 4.69) is 15.3 Å². The van der Waals surface area contributed by atoms with E-state index in [1.54, 1.807) is 19.4 Å². The summed E-state index contributed by atoms with van der Waals surface area (Å²) < 4.78 is 5.03. The van der Waals surface area contributed by atoms with Gasteiger partial charge in [-0.2, -0.15) is 4.98 Å². The van der Waals surface area contributed by atoms with Crippen molar-refractivity contribution >= 4 is 11.9 Å². The second-order valence-electron chi connectivity index (χ2n) is 3.66. The first kappa shape index (κ1) is 13.2. The van der Waals surface area contributed by atoms with Crippen LogP contribution >= 0.6 is 0 Å². The summed E-state index contributed by atoms with van der Waals surface area (Å²) >= 11 is 0. The fraction of sp³-hybridized carbons (Fsp3) is 0.545. The van der Waals surface area contributed by atoms with Crippen molar-refractivity contribution in [2.24, 2.45) is 0 Å². The van der Waals surface area contributed by atoms with E-state index in [1.807, 2.05) is 11.9 Å². The number of aromatic nitrogens is 2. The van der Waals surface area contributed by atoms with Crippen molar-refractivity contribution in [2.45, 2.75) is 13.3 Å². The Balaban J connectivity index is 2.40. The van der Waals surface area contributed by atoms with Crippen molar-refractivity contribution in [1.29, 1.82) is 0 Å². The first-order valence-electron chi connectivity index (χ1n) is 5.46. The Hall–Kier alpha value is -1.85. The zero-order valence-corrected chi connectivity index (χ0v) is 10.4. The van der Waals surface area contributed by atoms with Crippen molar-refractivity contribution in [3.05, 3.63) is 12.3 Å². The Morgan fingerprint density at radius 2 is 2.35 bits per heavy atom. The number of nitrogens with zero attached hydrogens (tertiary/aromatic N) is 3. The van der Waals surface area contributed by atoms with E-state index in [4.69, 9.17) is 4.74 Å². The van der Waals surface area contributed by atoms with Crippen LogP contribution in [0.4, 0.5) is 5.95 Å². The van der Waals surface area contributed by atoms with Crippen LogP contribution in [-0.4, -0.2) is 43.1 Å². The van der Waals surface area contributed by atoms with E-state index < -0.39 is 0 Å². The van der Waals surface area contributed by atoms with Gasteiger partial charge in [0, 0.05) is 39.3 Å². The predicted molar refractivity (Wildman–Crippen MR) is 65.2 cm³/mol. The number of amides is 1. The van der Waals surface area contributed by atoms with Crippen LogP contribution in [0, 0.1) is 0 Å². The number of methoxy groups -OCH3 is 1. The lowest BCUT2D eigenvalue weighted by Gasteiger charge is -2.16. The third-order valence-electron chi connectivity index (χ3n) is 2.21. The summed E-state index contributed by atoms with van der Waals surface area (Å²) in [5, 5.41) is 2.74. The third-order valence-corrected chi connectivity index (χ3v) is 2.21. The number of hydrogen-bond donors (Lipinski definition) is 1. The molecule has 0 saturated heterocycles. The van der Waals surface area contributed by atoms with E-state index in [1.165, 1.54) is 6.92 Å². The van der Waals surface area contributed by atoms with E-state index in [0.29, 0.717) is 18.4 Å². The maximum absolute atomic E-state index is 10.7. The molecule has 1 aromatic heterocycles. The summed E-state index contributed by atoms with van der Waals surface area (Å²) in [7, 11) is 3.48. The topological polar surface area (TPSA) is 67.3 Å². The van der Waals surface area contributed by atoms with Crippen molar-refractivity contribution in [3.8, 4) is 5.88 Å². The van der Waals surface area contributed by atoms with E-state index in [0.717, 1.165) is 13.0 Å². The number of carbonyl (C=O) groups is 1. The van der Waals surface area contributed by atoms with Crippen LogP contribution in [0.25, 0.3) is 0 Å². The van der Waals surface area contributed by atoms with Crippen molar-refractivity contribution in [2.75, 3.05) is 32.1 Å². The van der Waals surface area contributed by atoms with E-state index in [-0.39, 0.29) is 5.91 Å². The molecule has 0 unspecified atom stereocenters. The highest BCUT2D eigenvalue weighted by Crippen LogP contribution is 2.10.